The number of hydrogen-bond acceptors (Lipinski definition) is 3. The Hall–Kier alpha value is -1.83. The minimum Gasteiger partial charge on any atom is -0.384 e. The van der Waals surface area contributed by atoms with Crippen LogP contribution in [-0.4, -0.2) is 48.7 Å². The van der Waals surface area contributed by atoms with Crippen LogP contribution in [0.3, 0.4) is 0 Å². The Morgan fingerprint density at radius 1 is 1.50 bits per heavy atom. The second-order valence-corrected chi connectivity index (χ2v) is 5.01. The van der Waals surface area contributed by atoms with Gasteiger partial charge in [0.1, 0.15) is 6.61 Å². The first kappa shape index (κ1) is 14.6. The van der Waals surface area contributed by atoms with E-state index in [1.165, 1.54) is 12.8 Å². The first-order valence-corrected chi connectivity index (χ1v) is 6.89. The van der Waals surface area contributed by atoms with Gasteiger partial charge in [-0.2, -0.15) is 0 Å². The van der Waals surface area contributed by atoms with E-state index in [1.54, 1.807) is 18.2 Å². The summed E-state index contributed by atoms with van der Waals surface area (Å²) in [5, 5.41) is 11.6. The Morgan fingerprint density at radius 3 is 3.00 bits per heavy atom. The summed E-state index contributed by atoms with van der Waals surface area (Å²) in [6, 6.07) is 7.84. The summed E-state index contributed by atoms with van der Waals surface area (Å²) in [5.41, 5.74) is 1.34. The monoisotopic (exact) mass is 272 g/mol. The molecule has 20 heavy (non-hydrogen) atoms. The van der Waals surface area contributed by atoms with Crippen molar-refractivity contribution in [3.05, 3.63) is 35.4 Å². The number of hydrogen-bond donors (Lipinski definition) is 2. The number of nitrogens with zero attached hydrogens (tertiary/aromatic N) is 1. The van der Waals surface area contributed by atoms with Gasteiger partial charge in [-0.25, -0.2) is 0 Å². The van der Waals surface area contributed by atoms with E-state index in [2.05, 4.69) is 29.1 Å². The Balaban J connectivity index is 1.84. The molecule has 1 aromatic carbocycles. The van der Waals surface area contributed by atoms with Crippen molar-refractivity contribution in [2.75, 3.05) is 26.7 Å². The third-order valence-corrected chi connectivity index (χ3v) is 3.36. The van der Waals surface area contributed by atoms with E-state index in [9.17, 15) is 4.79 Å². The molecule has 1 saturated carbocycles. The first-order valence-electron chi connectivity index (χ1n) is 6.89. The van der Waals surface area contributed by atoms with Crippen LogP contribution in [0.2, 0.25) is 0 Å². The van der Waals surface area contributed by atoms with Crippen LogP contribution in [0.15, 0.2) is 24.3 Å². The molecule has 4 nitrogen and oxygen atoms in total. The normalized spacial score (nSPS) is 13.8. The van der Waals surface area contributed by atoms with Gasteiger partial charge in [0, 0.05) is 30.3 Å². The van der Waals surface area contributed by atoms with Crippen LogP contribution < -0.4 is 5.32 Å². The van der Waals surface area contributed by atoms with Gasteiger partial charge in [-0.3, -0.25) is 4.79 Å². The lowest BCUT2D eigenvalue weighted by Gasteiger charge is -2.15. The summed E-state index contributed by atoms with van der Waals surface area (Å²) in [6.45, 7) is 1.35. The van der Waals surface area contributed by atoms with Crippen molar-refractivity contribution in [1.29, 1.82) is 0 Å². The summed E-state index contributed by atoms with van der Waals surface area (Å²) < 4.78 is 0. The predicted molar refractivity (Wildman–Crippen MR) is 78.4 cm³/mol. The number of rotatable bonds is 5. The molecule has 0 aliphatic heterocycles. The quantitative estimate of drug-likeness (QED) is 0.782. The molecule has 1 aliphatic rings. The molecular weight excluding hydrogens is 252 g/mol. The molecule has 0 aromatic heterocycles. The topological polar surface area (TPSA) is 52.6 Å². The minimum absolute atomic E-state index is 0.0816. The molecule has 0 bridgehead atoms. The van der Waals surface area contributed by atoms with Crippen molar-refractivity contribution in [1.82, 2.24) is 10.2 Å². The Bertz CT molecular complexity index is 527. The van der Waals surface area contributed by atoms with Crippen LogP contribution in [0, 0.1) is 11.8 Å². The molecule has 0 heterocycles. The number of carbonyl (C=O) groups excluding carboxylic acids is 1. The minimum atomic E-state index is -0.177. The lowest BCUT2D eigenvalue weighted by molar-refractivity contribution is 0.0949. The Labute approximate surface area is 119 Å². The highest BCUT2D eigenvalue weighted by molar-refractivity contribution is 5.94. The Kier molecular flexibility index (Phi) is 5.16. The van der Waals surface area contributed by atoms with Crippen LogP contribution in [0.25, 0.3) is 0 Å². The van der Waals surface area contributed by atoms with E-state index in [0.717, 1.165) is 12.1 Å². The molecule has 0 spiro atoms. The van der Waals surface area contributed by atoms with Gasteiger partial charge in [0.05, 0.1) is 0 Å². The van der Waals surface area contributed by atoms with Crippen LogP contribution in [0.4, 0.5) is 0 Å². The summed E-state index contributed by atoms with van der Waals surface area (Å²) in [7, 11) is 2.09. The second kappa shape index (κ2) is 7.09. The second-order valence-electron chi connectivity index (χ2n) is 5.01. The van der Waals surface area contributed by atoms with E-state index in [4.69, 9.17) is 5.11 Å². The SMILES string of the molecule is CN(CCNC(=O)c1cccc(C#CCO)c1)C1CC1. The van der Waals surface area contributed by atoms with Gasteiger partial charge in [0.15, 0.2) is 0 Å². The summed E-state index contributed by atoms with van der Waals surface area (Å²) in [4.78, 5) is 14.3. The molecule has 4 heteroatoms. The largest absolute Gasteiger partial charge is 0.384 e. The van der Waals surface area contributed by atoms with Gasteiger partial charge in [0.2, 0.25) is 0 Å². The van der Waals surface area contributed by atoms with Crippen molar-refractivity contribution in [3.8, 4) is 11.8 Å². The molecule has 1 amide bonds. The van der Waals surface area contributed by atoms with Gasteiger partial charge < -0.3 is 15.3 Å². The fraction of sp³-hybridized carbons (Fsp3) is 0.438. The molecule has 0 atom stereocenters. The van der Waals surface area contributed by atoms with Gasteiger partial charge in [-0.1, -0.05) is 17.9 Å². The molecule has 2 N–H and O–H groups in total. The molecule has 0 radical (unpaired) electrons. The maximum atomic E-state index is 12.0. The molecule has 2 rings (SSSR count). The number of amides is 1. The fourth-order valence-electron chi connectivity index (χ4n) is 2.03. The molecule has 0 saturated heterocycles. The highest BCUT2D eigenvalue weighted by Gasteiger charge is 2.25. The van der Waals surface area contributed by atoms with Gasteiger partial charge in [0.25, 0.3) is 5.91 Å². The number of carbonyl (C=O) groups is 1. The highest BCUT2D eigenvalue weighted by Crippen LogP contribution is 2.24. The number of aliphatic hydroxyl groups excluding tert-OH is 1. The van der Waals surface area contributed by atoms with Crippen molar-refractivity contribution in [3.63, 3.8) is 0 Å². The summed E-state index contributed by atoms with van der Waals surface area (Å²) in [6.07, 6.45) is 2.55. The lowest BCUT2D eigenvalue weighted by atomic mass is 10.1. The van der Waals surface area contributed by atoms with Crippen molar-refractivity contribution in [2.45, 2.75) is 18.9 Å². The van der Waals surface area contributed by atoms with Crippen molar-refractivity contribution >= 4 is 5.91 Å². The smallest absolute Gasteiger partial charge is 0.251 e. The molecule has 1 aliphatic carbocycles. The van der Waals surface area contributed by atoms with E-state index < -0.39 is 0 Å². The maximum absolute atomic E-state index is 12.0. The van der Waals surface area contributed by atoms with Crippen LogP contribution in [0.1, 0.15) is 28.8 Å². The summed E-state index contributed by atoms with van der Waals surface area (Å²) in [5.74, 6) is 5.29. The number of aliphatic hydroxyl groups is 1. The van der Waals surface area contributed by atoms with E-state index >= 15 is 0 Å². The zero-order chi connectivity index (χ0) is 14.4. The number of benzene rings is 1. The maximum Gasteiger partial charge on any atom is 0.251 e. The lowest BCUT2D eigenvalue weighted by Crippen LogP contribution is -2.33. The van der Waals surface area contributed by atoms with Gasteiger partial charge in [-0.15, -0.1) is 0 Å². The van der Waals surface area contributed by atoms with Gasteiger partial charge in [-0.05, 0) is 38.1 Å². The first-order chi connectivity index (χ1) is 9.70. The average Bonchev–Trinajstić information content (AvgIpc) is 3.29. The predicted octanol–water partition coefficient (Wildman–Crippen LogP) is 0.854. The molecule has 1 aromatic rings. The fourth-order valence-corrected chi connectivity index (χ4v) is 2.03. The van der Waals surface area contributed by atoms with E-state index in [-0.39, 0.29) is 12.5 Å². The molecule has 106 valence electrons. The van der Waals surface area contributed by atoms with Crippen molar-refractivity contribution in [2.24, 2.45) is 0 Å². The van der Waals surface area contributed by atoms with Gasteiger partial charge >= 0.3 is 0 Å². The van der Waals surface area contributed by atoms with Crippen LogP contribution in [0.5, 0.6) is 0 Å². The summed E-state index contributed by atoms with van der Waals surface area (Å²) >= 11 is 0. The molecule has 1 fully saturated rings. The molecule has 0 unspecified atom stereocenters. The zero-order valence-electron chi connectivity index (χ0n) is 11.7. The number of nitrogens with one attached hydrogen (secondary N) is 1. The van der Waals surface area contributed by atoms with E-state index in [1.807, 2.05) is 6.07 Å². The van der Waals surface area contributed by atoms with Crippen molar-refractivity contribution < 1.29 is 9.90 Å². The third kappa shape index (κ3) is 4.37. The zero-order valence-corrected chi connectivity index (χ0v) is 11.7. The average molecular weight is 272 g/mol. The standard InChI is InChI=1S/C16H20N2O2/c1-18(15-7-8-15)10-9-17-16(20)14-6-2-4-13(12-14)5-3-11-19/h2,4,6,12,15,19H,7-11H2,1H3,(H,17,20). The molecular formula is C16H20N2O2. The third-order valence-electron chi connectivity index (χ3n) is 3.36. The highest BCUT2D eigenvalue weighted by atomic mass is 16.2. The van der Waals surface area contributed by atoms with E-state index in [0.29, 0.717) is 18.2 Å². The number of likely N-dealkylation sites (N-methyl/N-ethyl adjacent to an activating group) is 1. The van der Waals surface area contributed by atoms with Crippen LogP contribution in [-0.2, 0) is 0 Å². The van der Waals surface area contributed by atoms with Crippen LogP contribution >= 0.6 is 0 Å². The Morgan fingerprint density at radius 2 is 2.30 bits per heavy atom.